The molecule has 0 N–H and O–H groups in total. The van der Waals surface area contributed by atoms with Gasteiger partial charge in [0.25, 0.3) is 0 Å². The summed E-state index contributed by atoms with van der Waals surface area (Å²) in [5.74, 6) is 1.88. The van der Waals surface area contributed by atoms with Gasteiger partial charge in [-0.15, -0.1) is 12.6 Å². The second-order valence-corrected chi connectivity index (χ2v) is 5.81. The van der Waals surface area contributed by atoms with E-state index in [9.17, 15) is 0 Å². The molecule has 0 aliphatic rings. The van der Waals surface area contributed by atoms with Crippen molar-refractivity contribution in [2.75, 3.05) is 0 Å². The Hall–Kier alpha value is -0.170. The van der Waals surface area contributed by atoms with Crippen molar-refractivity contribution in [1.29, 1.82) is 0 Å². The van der Waals surface area contributed by atoms with Gasteiger partial charge in [0, 0.05) is 0 Å². The molecule has 3 atom stereocenters. The zero-order valence-corrected chi connectivity index (χ0v) is 12.9. The van der Waals surface area contributed by atoms with Gasteiger partial charge in [-0.1, -0.05) is 51.3 Å². The van der Waals surface area contributed by atoms with Gasteiger partial charge in [0.05, 0.1) is 0 Å². The number of hydrogen-bond acceptors (Lipinski definition) is 1. The summed E-state index contributed by atoms with van der Waals surface area (Å²) in [5.41, 5.74) is 2.92. The average molecular weight is 240 g/mol. The first-order valence-electron chi connectivity index (χ1n) is 6.35. The maximum Gasteiger partial charge on any atom is -0.0161 e. The molecule has 0 bridgehead atoms. The van der Waals surface area contributed by atoms with Crippen LogP contribution in [0.5, 0.6) is 0 Å². The first-order valence-corrected chi connectivity index (χ1v) is 6.80. The van der Waals surface area contributed by atoms with Crippen LogP contribution >= 0.6 is 12.6 Å². The van der Waals surface area contributed by atoms with E-state index in [0.29, 0.717) is 17.8 Å². The van der Waals surface area contributed by atoms with E-state index in [2.05, 4.69) is 67.2 Å². The molecular weight excluding hydrogens is 212 g/mol. The van der Waals surface area contributed by atoms with Crippen molar-refractivity contribution < 1.29 is 0 Å². The SMILES string of the molecule is CCC(C)/C=C(/C)C(C)C(C)/C(C)=C(\C)S. The van der Waals surface area contributed by atoms with Crippen LogP contribution in [0.25, 0.3) is 0 Å². The van der Waals surface area contributed by atoms with Crippen LogP contribution in [0.2, 0.25) is 0 Å². The van der Waals surface area contributed by atoms with Crippen molar-refractivity contribution in [3.63, 3.8) is 0 Å². The number of rotatable bonds is 5. The Kier molecular flexibility index (Phi) is 7.14. The highest BCUT2D eigenvalue weighted by molar-refractivity contribution is 7.84. The molecule has 0 amide bonds. The molecule has 0 aliphatic carbocycles. The van der Waals surface area contributed by atoms with E-state index in [4.69, 9.17) is 0 Å². The Bertz CT molecular complexity index is 269. The molecule has 0 rings (SSSR count). The molecule has 0 radical (unpaired) electrons. The Morgan fingerprint density at radius 2 is 1.56 bits per heavy atom. The molecule has 16 heavy (non-hydrogen) atoms. The van der Waals surface area contributed by atoms with Crippen LogP contribution in [0.4, 0.5) is 0 Å². The Morgan fingerprint density at radius 1 is 1.06 bits per heavy atom. The summed E-state index contributed by atoms with van der Waals surface area (Å²) in [6, 6.07) is 0. The molecular formula is C15H28S. The molecule has 0 nitrogen and oxygen atoms in total. The molecule has 0 saturated heterocycles. The summed E-state index contributed by atoms with van der Waals surface area (Å²) in [7, 11) is 0. The third-order valence-electron chi connectivity index (χ3n) is 3.91. The predicted molar refractivity (Wildman–Crippen MR) is 78.9 cm³/mol. The van der Waals surface area contributed by atoms with Gasteiger partial charge in [-0.25, -0.2) is 0 Å². The molecule has 0 saturated carbocycles. The maximum atomic E-state index is 4.44. The molecule has 0 heterocycles. The van der Waals surface area contributed by atoms with Gasteiger partial charge < -0.3 is 0 Å². The van der Waals surface area contributed by atoms with E-state index in [0.717, 1.165) is 4.91 Å². The van der Waals surface area contributed by atoms with Crippen LogP contribution in [0.3, 0.4) is 0 Å². The summed E-state index contributed by atoms with van der Waals surface area (Å²) < 4.78 is 0. The van der Waals surface area contributed by atoms with Gasteiger partial charge >= 0.3 is 0 Å². The quantitative estimate of drug-likeness (QED) is 0.478. The second-order valence-electron chi connectivity index (χ2n) is 5.14. The lowest BCUT2D eigenvalue weighted by atomic mass is 9.83. The number of hydrogen-bond donors (Lipinski definition) is 1. The van der Waals surface area contributed by atoms with Gasteiger partial charge in [0.2, 0.25) is 0 Å². The molecule has 0 aromatic rings. The van der Waals surface area contributed by atoms with Crippen molar-refractivity contribution in [2.24, 2.45) is 17.8 Å². The van der Waals surface area contributed by atoms with Gasteiger partial charge in [0.1, 0.15) is 0 Å². The Labute approximate surface area is 108 Å². The van der Waals surface area contributed by atoms with Crippen LogP contribution in [0.1, 0.15) is 54.9 Å². The fraction of sp³-hybridized carbons (Fsp3) is 0.733. The van der Waals surface area contributed by atoms with Crippen LogP contribution in [0.15, 0.2) is 22.1 Å². The van der Waals surface area contributed by atoms with E-state index in [-0.39, 0.29) is 0 Å². The molecule has 0 aliphatic heterocycles. The Morgan fingerprint density at radius 3 is 1.94 bits per heavy atom. The summed E-state index contributed by atoms with van der Waals surface area (Å²) in [5, 5.41) is 0. The minimum absolute atomic E-state index is 0.581. The van der Waals surface area contributed by atoms with Crippen LogP contribution in [-0.4, -0.2) is 0 Å². The zero-order valence-electron chi connectivity index (χ0n) is 12.0. The Balaban J connectivity index is 4.74. The smallest absolute Gasteiger partial charge is 0.0161 e. The van der Waals surface area contributed by atoms with E-state index < -0.39 is 0 Å². The molecule has 0 aromatic heterocycles. The van der Waals surface area contributed by atoms with Crippen molar-refractivity contribution in [3.05, 3.63) is 22.1 Å². The van der Waals surface area contributed by atoms with Crippen molar-refractivity contribution in [1.82, 2.24) is 0 Å². The van der Waals surface area contributed by atoms with E-state index >= 15 is 0 Å². The second kappa shape index (κ2) is 7.21. The van der Waals surface area contributed by atoms with Gasteiger partial charge in [-0.05, 0) is 43.4 Å². The van der Waals surface area contributed by atoms with Crippen molar-refractivity contribution >= 4 is 12.6 Å². The van der Waals surface area contributed by atoms with E-state index in [1.165, 1.54) is 17.6 Å². The molecule has 0 spiro atoms. The summed E-state index contributed by atoms with van der Waals surface area (Å²) in [6.07, 6.45) is 3.64. The first kappa shape index (κ1) is 15.8. The van der Waals surface area contributed by atoms with Gasteiger partial charge in [0.15, 0.2) is 0 Å². The van der Waals surface area contributed by atoms with Gasteiger partial charge in [-0.3, -0.25) is 0 Å². The van der Waals surface area contributed by atoms with Crippen LogP contribution in [0, 0.1) is 17.8 Å². The predicted octanol–water partition coefficient (Wildman–Crippen LogP) is 5.47. The normalized spacial score (nSPS) is 20.1. The first-order chi connectivity index (χ1) is 7.31. The summed E-state index contributed by atoms with van der Waals surface area (Å²) in [4.78, 5) is 1.16. The monoisotopic (exact) mass is 240 g/mol. The molecule has 0 fully saturated rings. The average Bonchev–Trinajstić information content (AvgIpc) is 2.25. The highest BCUT2D eigenvalue weighted by Crippen LogP contribution is 2.29. The summed E-state index contributed by atoms with van der Waals surface area (Å²) >= 11 is 4.44. The minimum atomic E-state index is 0.581. The van der Waals surface area contributed by atoms with Crippen LogP contribution in [-0.2, 0) is 0 Å². The highest BCUT2D eigenvalue weighted by Gasteiger charge is 2.16. The molecule has 1 heteroatoms. The number of thiol groups is 1. The fourth-order valence-electron chi connectivity index (χ4n) is 1.82. The van der Waals surface area contributed by atoms with Gasteiger partial charge in [-0.2, -0.15) is 0 Å². The largest absolute Gasteiger partial charge is 0.148 e. The highest BCUT2D eigenvalue weighted by atomic mass is 32.1. The fourth-order valence-corrected chi connectivity index (χ4v) is 2.02. The lowest BCUT2D eigenvalue weighted by molar-refractivity contribution is 0.496. The zero-order chi connectivity index (χ0) is 12.9. The third kappa shape index (κ3) is 4.78. The lowest BCUT2D eigenvalue weighted by Crippen LogP contribution is -2.12. The van der Waals surface area contributed by atoms with Crippen molar-refractivity contribution in [3.8, 4) is 0 Å². The molecule has 0 aromatic carbocycles. The molecule has 94 valence electrons. The van der Waals surface area contributed by atoms with Crippen molar-refractivity contribution in [2.45, 2.75) is 54.9 Å². The van der Waals surface area contributed by atoms with Crippen LogP contribution < -0.4 is 0 Å². The minimum Gasteiger partial charge on any atom is -0.148 e. The standard InChI is InChI=1S/C15H28S/c1-8-10(2)9-11(3)12(4)13(5)14(6)15(7)16/h9-10,12-13,16H,8H2,1-7H3/b11-9-,15-14+. The maximum absolute atomic E-state index is 4.44. The van der Waals surface area contributed by atoms with E-state index in [1.54, 1.807) is 0 Å². The van der Waals surface area contributed by atoms with E-state index in [1.807, 2.05) is 0 Å². The summed E-state index contributed by atoms with van der Waals surface area (Å²) in [6.45, 7) is 15.7. The third-order valence-corrected chi connectivity index (χ3v) is 4.27. The number of allylic oxidation sites excluding steroid dienone is 4. The lowest BCUT2D eigenvalue weighted by Gasteiger charge is -2.23. The molecule has 3 unspecified atom stereocenters. The topological polar surface area (TPSA) is 0 Å².